The van der Waals surface area contributed by atoms with Gasteiger partial charge < -0.3 is 40.8 Å². The van der Waals surface area contributed by atoms with Crippen LogP contribution in [-0.2, 0) is 9.13 Å². The van der Waals surface area contributed by atoms with Crippen LogP contribution in [0.4, 0.5) is 0 Å². The first-order chi connectivity index (χ1) is 9.68. The lowest BCUT2D eigenvalue weighted by Crippen LogP contribution is -2.39. The molecule has 0 radical (unpaired) electrons. The summed E-state index contributed by atoms with van der Waals surface area (Å²) in [5.74, 6) is 0. The van der Waals surface area contributed by atoms with Crippen LogP contribution in [0.15, 0.2) is 25.3 Å². The van der Waals surface area contributed by atoms with E-state index in [1.54, 1.807) is 0 Å². The third-order valence-electron chi connectivity index (χ3n) is 1.98. The number of phosphoric acid groups is 2. The first-order valence-corrected chi connectivity index (χ1v) is 9.09. The molecule has 0 aliphatic heterocycles. The van der Waals surface area contributed by atoms with Gasteiger partial charge in [0.05, 0.1) is 0 Å². The standard InChI is InChI=1S/C10H20N2.2H3O4P/c1-3-6-10(12,7-4-2)8-5-9-11;2*1-5(2,3)4/h3-4H,1-2,5-9,11-12H2;2*(H3,1,2,3,4). The van der Waals surface area contributed by atoms with Gasteiger partial charge in [-0.2, -0.15) is 0 Å². The Morgan fingerprint density at radius 3 is 1.36 bits per heavy atom. The second-order valence-corrected chi connectivity index (χ2v) is 6.32. The summed E-state index contributed by atoms with van der Waals surface area (Å²) in [5.41, 5.74) is 11.4. The molecule has 0 fully saturated rings. The molecule has 0 heterocycles. The van der Waals surface area contributed by atoms with E-state index in [1.165, 1.54) is 0 Å². The van der Waals surface area contributed by atoms with Gasteiger partial charge in [-0.25, -0.2) is 9.13 Å². The highest BCUT2D eigenvalue weighted by atomic mass is 31.2. The monoisotopic (exact) mass is 364 g/mol. The van der Waals surface area contributed by atoms with Crippen molar-refractivity contribution in [3.05, 3.63) is 25.3 Å². The fourth-order valence-corrected chi connectivity index (χ4v) is 1.32. The Morgan fingerprint density at radius 1 is 0.909 bits per heavy atom. The van der Waals surface area contributed by atoms with Gasteiger partial charge in [-0.15, -0.1) is 13.2 Å². The molecule has 0 bridgehead atoms. The molecule has 0 amide bonds. The van der Waals surface area contributed by atoms with Gasteiger partial charge in [0.25, 0.3) is 0 Å². The summed E-state index contributed by atoms with van der Waals surface area (Å²) in [6, 6.07) is 0. The second-order valence-electron chi connectivity index (χ2n) is 4.27. The summed E-state index contributed by atoms with van der Waals surface area (Å²) in [6.07, 6.45) is 7.30. The van der Waals surface area contributed by atoms with Gasteiger partial charge in [0, 0.05) is 5.54 Å². The summed E-state index contributed by atoms with van der Waals surface area (Å²) in [4.78, 5) is 43.1. The molecule has 10 nitrogen and oxygen atoms in total. The number of nitrogens with two attached hydrogens (primary N) is 2. The SMILES string of the molecule is C=CCC(N)(CC=C)CCCN.O=P(O)(O)O.O=P(O)(O)O. The maximum absolute atomic E-state index is 8.88. The summed E-state index contributed by atoms with van der Waals surface area (Å²) in [7, 11) is -9.28. The molecule has 0 atom stereocenters. The van der Waals surface area contributed by atoms with E-state index in [1.807, 2.05) is 12.2 Å². The van der Waals surface area contributed by atoms with Gasteiger partial charge in [0.15, 0.2) is 0 Å². The summed E-state index contributed by atoms with van der Waals surface area (Å²) >= 11 is 0. The van der Waals surface area contributed by atoms with E-state index >= 15 is 0 Å². The van der Waals surface area contributed by atoms with Crippen LogP contribution in [0.2, 0.25) is 0 Å². The van der Waals surface area contributed by atoms with Crippen molar-refractivity contribution < 1.29 is 38.5 Å². The molecule has 22 heavy (non-hydrogen) atoms. The second kappa shape index (κ2) is 13.1. The molecule has 0 aromatic rings. The number of hydrogen-bond donors (Lipinski definition) is 8. The Balaban J connectivity index is -0.000000298. The van der Waals surface area contributed by atoms with Crippen molar-refractivity contribution in [1.82, 2.24) is 0 Å². The van der Waals surface area contributed by atoms with E-state index in [0.717, 1.165) is 25.7 Å². The Bertz CT molecular complexity index is 346. The van der Waals surface area contributed by atoms with Crippen LogP contribution in [0.25, 0.3) is 0 Å². The Morgan fingerprint density at radius 2 is 1.18 bits per heavy atom. The van der Waals surface area contributed by atoms with Gasteiger partial charge in [-0.1, -0.05) is 12.2 Å². The van der Waals surface area contributed by atoms with Gasteiger partial charge >= 0.3 is 15.6 Å². The molecule has 0 aromatic heterocycles. The molecular formula is C10H26N2O8P2. The molecule has 0 aliphatic rings. The summed E-state index contributed by atoms with van der Waals surface area (Å²) < 4.78 is 17.8. The minimum atomic E-state index is -4.64. The van der Waals surface area contributed by atoms with E-state index in [-0.39, 0.29) is 5.54 Å². The molecule has 12 heteroatoms. The third-order valence-corrected chi connectivity index (χ3v) is 1.98. The molecule has 0 aliphatic carbocycles. The molecule has 0 aromatic carbocycles. The predicted molar refractivity (Wildman–Crippen MR) is 83.4 cm³/mol. The first kappa shape index (κ1) is 26.5. The summed E-state index contributed by atoms with van der Waals surface area (Å²) in [6.45, 7) is 8.08. The Kier molecular flexibility index (Phi) is 15.8. The third kappa shape index (κ3) is 42.7. The van der Waals surface area contributed by atoms with Crippen molar-refractivity contribution in [2.24, 2.45) is 11.5 Å². The van der Waals surface area contributed by atoms with Gasteiger partial charge in [-0.05, 0) is 32.2 Å². The average molecular weight is 364 g/mol. The minimum Gasteiger partial charge on any atom is -0.330 e. The van der Waals surface area contributed by atoms with Crippen LogP contribution in [0.1, 0.15) is 25.7 Å². The average Bonchev–Trinajstić information content (AvgIpc) is 2.22. The normalized spacial score (nSPS) is 11.5. The van der Waals surface area contributed by atoms with Gasteiger partial charge in [0.1, 0.15) is 0 Å². The van der Waals surface area contributed by atoms with Crippen molar-refractivity contribution in [2.45, 2.75) is 31.2 Å². The van der Waals surface area contributed by atoms with Crippen molar-refractivity contribution in [1.29, 1.82) is 0 Å². The van der Waals surface area contributed by atoms with Crippen molar-refractivity contribution in [2.75, 3.05) is 6.54 Å². The zero-order valence-corrected chi connectivity index (χ0v) is 13.9. The van der Waals surface area contributed by atoms with E-state index in [2.05, 4.69) is 13.2 Å². The van der Waals surface area contributed by atoms with Crippen molar-refractivity contribution in [3.8, 4) is 0 Å². The fraction of sp³-hybridized carbons (Fsp3) is 0.600. The van der Waals surface area contributed by atoms with Gasteiger partial charge in [-0.3, -0.25) is 0 Å². The van der Waals surface area contributed by atoms with Crippen LogP contribution in [0.3, 0.4) is 0 Å². The van der Waals surface area contributed by atoms with Crippen LogP contribution >= 0.6 is 15.6 Å². The highest BCUT2D eigenvalue weighted by molar-refractivity contribution is 7.45. The van der Waals surface area contributed by atoms with Crippen LogP contribution in [-0.4, -0.2) is 41.4 Å². The number of rotatable bonds is 7. The lowest BCUT2D eigenvalue weighted by Gasteiger charge is -2.26. The molecule has 0 unspecified atom stereocenters. The molecular weight excluding hydrogens is 338 g/mol. The fourth-order valence-electron chi connectivity index (χ4n) is 1.32. The van der Waals surface area contributed by atoms with Crippen molar-refractivity contribution in [3.63, 3.8) is 0 Å². The zero-order valence-electron chi connectivity index (χ0n) is 12.2. The maximum atomic E-state index is 8.88. The molecule has 0 saturated heterocycles. The van der Waals surface area contributed by atoms with Crippen LogP contribution in [0.5, 0.6) is 0 Å². The number of hydrogen-bond acceptors (Lipinski definition) is 4. The van der Waals surface area contributed by atoms with Crippen LogP contribution in [0, 0.1) is 0 Å². The van der Waals surface area contributed by atoms with E-state index in [0.29, 0.717) is 6.54 Å². The van der Waals surface area contributed by atoms with E-state index < -0.39 is 15.6 Å². The van der Waals surface area contributed by atoms with Crippen LogP contribution < -0.4 is 11.5 Å². The highest BCUT2D eigenvalue weighted by Crippen LogP contribution is 2.26. The largest absolute Gasteiger partial charge is 0.466 e. The van der Waals surface area contributed by atoms with Gasteiger partial charge in [0.2, 0.25) is 0 Å². The van der Waals surface area contributed by atoms with E-state index in [4.69, 9.17) is 50.0 Å². The first-order valence-electron chi connectivity index (χ1n) is 5.96. The zero-order chi connectivity index (χ0) is 18.4. The Hall–Kier alpha value is -0.380. The Labute approximate surface area is 129 Å². The lowest BCUT2D eigenvalue weighted by atomic mass is 9.87. The molecule has 134 valence electrons. The molecule has 0 saturated carbocycles. The maximum Gasteiger partial charge on any atom is 0.466 e. The molecule has 10 N–H and O–H groups in total. The smallest absolute Gasteiger partial charge is 0.330 e. The quantitative estimate of drug-likeness (QED) is 0.219. The molecule has 0 spiro atoms. The minimum absolute atomic E-state index is 0.164. The predicted octanol–water partition coefficient (Wildman–Crippen LogP) is -0.282. The summed E-state index contributed by atoms with van der Waals surface area (Å²) in [5, 5.41) is 0. The lowest BCUT2D eigenvalue weighted by molar-refractivity contribution is 0.272. The topological polar surface area (TPSA) is 208 Å². The van der Waals surface area contributed by atoms with E-state index in [9.17, 15) is 0 Å². The highest BCUT2D eigenvalue weighted by Gasteiger charge is 2.20. The van der Waals surface area contributed by atoms with Crippen molar-refractivity contribution >= 4 is 15.6 Å². The molecule has 0 rings (SSSR count).